The van der Waals surface area contributed by atoms with Gasteiger partial charge in [0.2, 0.25) is 5.91 Å². The zero-order chi connectivity index (χ0) is 15.2. The Kier molecular flexibility index (Phi) is 5.32. The van der Waals surface area contributed by atoms with E-state index in [-0.39, 0.29) is 18.4 Å². The number of carbonyl (C=O) groups is 2. The monoisotopic (exact) mass is 394 g/mol. The first-order chi connectivity index (χ1) is 10.1. The molecule has 2 amide bonds. The second-order valence-corrected chi connectivity index (χ2v) is 5.74. The Morgan fingerprint density at radius 2 is 1.71 bits per heavy atom. The summed E-state index contributed by atoms with van der Waals surface area (Å²) in [4.78, 5) is 23.8. The van der Waals surface area contributed by atoms with Gasteiger partial charge in [-0.1, -0.05) is 29.8 Å². The van der Waals surface area contributed by atoms with Crippen LogP contribution < -0.4 is 10.6 Å². The molecule has 0 radical (unpaired) electrons. The molecule has 0 heterocycles. The van der Waals surface area contributed by atoms with E-state index in [4.69, 9.17) is 0 Å². The summed E-state index contributed by atoms with van der Waals surface area (Å²) in [5.41, 5.74) is 2.41. The van der Waals surface area contributed by atoms with Gasteiger partial charge in [0.1, 0.15) is 0 Å². The summed E-state index contributed by atoms with van der Waals surface area (Å²) >= 11 is 2.09. The van der Waals surface area contributed by atoms with E-state index in [1.807, 2.05) is 43.3 Å². The molecule has 0 aliphatic rings. The zero-order valence-electron chi connectivity index (χ0n) is 11.5. The van der Waals surface area contributed by atoms with Crippen LogP contribution in [0.25, 0.3) is 0 Å². The maximum absolute atomic E-state index is 12.0. The fourth-order valence-corrected chi connectivity index (χ4v) is 2.38. The minimum atomic E-state index is -0.252. The van der Waals surface area contributed by atoms with Crippen molar-refractivity contribution < 1.29 is 9.59 Å². The van der Waals surface area contributed by atoms with E-state index in [0.717, 1.165) is 9.13 Å². The van der Waals surface area contributed by atoms with Crippen LogP contribution in [-0.4, -0.2) is 18.4 Å². The van der Waals surface area contributed by atoms with Crippen molar-refractivity contribution in [1.29, 1.82) is 0 Å². The van der Waals surface area contributed by atoms with Gasteiger partial charge in [-0.3, -0.25) is 9.59 Å². The Balaban J connectivity index is 1.88. The molecule has 4 nitrogen and oxygen atoms in total. The number of benzene rings is 2. The second-order valence-electron chi connectivity index (χ2n) is 4.58. The normalized spacial score (nSPS) is 10.0. The molecule has 0 unspecified atom stereocenters. The molecule has 0 atom stereocenters. The lowest BCUT2D eigenvalue weighted by Crippen LogP contribution is -2.33. The zero-order valence-corrected chi connectivity index (χ0v) is 13.7. The quantitative estimate of drug-likeness (QED) is 0.784. The van der Waals surface area contributed by atoms with E-state index in [0.29, 0.717) is 11.3 Å². The van der Waals surface area contributed by atoms with Gasteiger partial charge in [-0.2, -0.15) is 0 Å². The van der Waals surface area contributed by atoms with Gasteiger partial charge in [0.25, 0.3) is 5.91 Å². The number of hydrogen-bond donors (Lipinski definition) is 2. The van der Waals surface area contributed by atoms with E-state index in [1.54, 1.807) is 12.1 Å². The summed E-state index contributed by atoms with van der Waals surface area (Å²) in [6, 6.07) is 14.7. The molecule has 2 aromatic carbocycles. The van der Waals surface area contributed by atoms with Gasteiger partial charge < -0.3 is 10.6 Å². The average molecular weight is 394 g/mol. The third kappa shape index (κ3) is 4.56. The predicted octanol–water partition coefficient (Wildman–Crippen LogP) is 2.97. The first kappa shape index (κ1) is 15.5. The van der Waals surface area contributed by atoms with Crippen LogP contribution in [0.1, 0.15) is 15.9 Å². The SMILES string of the molecule is Cc1ccc(NC(=O)CNC(=O)c2ccccc2I)cc1. The maximum atomic E-state index is 12.0. The Morgan fingerprint density at radius 3 is 2.38 bits per heavy atom. The summed E-state index contributed by atoms with van der Waals surface area (Å²) in [5.74, 6) is -0.503. The number of amides is 2. The second kappa shape index (κ2) is 7.21. The molecule has 5 heteroatoms. The summed E-state index contributed by atoms with van der Waals surface area (Å²) in [6.45, 7) is 1.92. The molecule has 0 aliphatic heterocycles. The Hall–Kier alpha value is -1.89. The first-order valence-corrected chi connectivity index (χ1v) is 7.53. The van der Waals surface area contributed by atoms with Gasteiger partial charge in [0, 0.05) is 9.26 Å². The minimum Gasteiger partial charge on any atom is -0.343 e. The number of aryl methyl sites for hydroxylation is 1. The van der Waals surface area contributed by atoms with Crippen molar-refractivity contribution >= 4 is 40.1 Å². The fraction of sp³-hybridized carbons (Fsp3) is 0.125. The number of hydrogen-bond acceptors (Lipinski definition) is 2. The van der Waals surface area contributed by atoms with Crippen molar-refractivity contribution in [3.63, 3.8) is 0 Å². The molecule has 2 aromatic rings. The van der Waals surface area contributed by atoms with Crippen LogP contribution in [-0.2, 0) is 4.79 Å². The van der Waals surface area contributed by atoms with Crippen LogP contribution in [0.3, 0.4) is 0 Å². The molecule has 0 fully saturated rings. The van der Waals surface area contributed by atoms with Crippen molar-refractivity contribution in [2.45, 2.75) is 6.92 Å². The van der Waals surface area contributed by atoms with Crippen LogP contribution >= 0.6 is 22.6 Å². The lowest BCUT2D eigenvalue weighted by atomic mass is 10.2. The minimum absolute atomic E-state index is 0.0579. The lowest BCUT2D eigenvalue weighted by molar-refractivity contribution is -0.115. The van der Waals surface area contributed by atoms with Crippen molar-refractivity contribution in [2.24, 2.45) is 0 Å². The molecule has 0 saturated carbocycles. The largest absolute Gasteiger partial charge is 0.343 e. The third-order valence-electron chi connectivity index (χ3n) is 2.86. The third-order valence-corrected chi connectivity index (χ3v) is 3.80. The Bertz CT molecular complexity index is 654. The van der Waals surface area contributed by atoms with Crippen LogP contribution in [0.2, 0.25) is 0 Å². The topological polar surface area (TPSA) is 58.2 Å². The predicted molar refractivity (Wildman–Crippen MR) is 91.3 cm³/mol. The molecule has 21 heavy (non-hydrogen) atoms. The van der Waals surface area contributed by atoms with E-state index in [9.17, 15) is 9.59 Å². The van der Waals surface area contributed by atoms with Crippen LogP contribution in [0.5, 0.6) is 0 Å². The highest BCUT2D eigenvalue weighted by molar-refractivity contribution is 14.1. The van der Waals surface area contributed by atoms with Gasteiger partial charge >= 0.3 is 0 Å². The fourth-order valence-electron chi connectivity index (χ4n) is 1.74. The number of nitrogens with one attached hydrogen (secondary N) is 2. The van der Waals surface area contributed by atoms with Crippen LogP contribution in [0.15, 0.2) is 48.5 Å². The Labute approximate surface area is 137 Å². The van der Waals surface area contributed by atoms with Gasteiger partial charge in [-0.25, -0.2) is 0 Å². The number of halogens is 1. The number of anilines is 1. The van der Waals surface area contributed by atoms with E-state index in [2.05, 4.69) is 33.2 Å². The van der Waals surface area contributed by atoms with Crippen molar-refractivity contribution in [3.8, 4) is 0 Å². The molecule has 2 N–H and O–H groups in total. The van der Waals surface area contributed by atoms with Crippen LogP contribution in [0.4, 0.5) is 5.69 Å². The summed E-state index contributed by atoms with van der Waals surface area (Å²) in [7, 11) is 0. The molecule has 0 aliphatic carbocycles. The summed E-state index contributed by atoms with van der Waals surface area (Å²) < 4.78 is 0.853. The lowest BCUT2D eigenvalue weighted by Gasteiger charge is -2.08. The smallest absolute Gasteiger partial charge is 0.252 e. The molecule has 0 spiro atoms. The molecule has 108 valence electrons. The first-order valence-electron chi connectivity index (χ1n) is 6.45. The van der Waals surface area contributed by atoms with Gasteiger partial charge in [0.15, 0.2) is 0 Å². The van der Waals surface area contributed by atoms with Crippen molar-refractivity contribution in [3.05, 3.63) is 63.2 Å². The van der Waals surface area contributed by atoms with Gasteiger partial charge in [-0.15, -0.1) is 0 Å². The van der Waals surface area contributed by atoms with E-state index >= 15 is 0 Å². The number of carbonyl (C=O) groups excluding carboxylic acids is 2. The van der Waals surface area contributed by atoms with Crippen LogP contribution in [0, 0.1) is 10.5 Å². The van der Waals surface area contributed by atoms with E-state index < -0.39 is 0 Å². The number of rotatable bonds is 4. The summed E-state index contributed by atoms with van der Waals surface area (Å²) in [6.07, 6.45) is 0. The molecule has 0 bridgehead atoms. The highest BCUT2D eigenvalue weighted by Gasteiger charge is 2.10. The summed E-state index contributed by atoms with van der Waals surface area (Å²) in [5, 5.41) is 5.35. The molecule has 0 aromatic heterocycles. The Morgan fingerprint density at radius 1 is 1.05 bits per heavy atom. The highest BCUT2D eigenvalue weighted by atomic mass is 127. The standard InChI is InChI=1S/C16H15IN2O2/c1-11-6-8-12(9-7-11)19-15(20)10-18-16(21)13-4-2-3-5-14(13)17/h2-9H,10H2,1H3,(H,18,21)(H,19,20). The molecule has 0 saturated heterocycles. The molecular formula is C16H15IN2O2. The van der Waals surface area contributed by atoms with Gasteiger partial charge in [-0.05, 0) is 53.8 Å². The average Bonchev–Trinajstić information content (AvgIpc) is 2.48. The highest BCUT2D eigenvalue weighted by Crippen LogP contribution is 2.11. The molecule has 2 rings (SSSR count). The van der Waals surface area contributed by atoms with Crippen molar-refractivity contribution in [2.75, 3.05) is 11.9 Å². The van der Waals surface area contributed by atoms with Gasteiger partial charge in [0.05, 0.1) is 12.1 Å². The van der Waals surface area contributed by atoms with Crippen molar-refractivity contribution in [1.82, 2.24) is 5.32 Å². The molecular weight excluding hydrogens is 379 g/mol. The van der Waals surface area contributed by atoms with E-state index in [1.165, 1.54) is 0 Å². The maximum Gasteiger partial charge on any atom is 0.252 e.